The number of ketones is 1. The first-order valence-electron chi connectivity index (χ1n) is 10.3. The molecule has 7 heteroatoms. The molecular formula is C26H30N2O5. The first kappa shape index (κ1) is 25.4. The lowest BCUT2D eigenvalue weighted by Gasteiger charge is -2.16. The van der Waals surface area contributed by atoms with Crippen LogP contribution in [0.15, 0.2) is 60.2 Å². The molecule has 0 saturated carbocycles. The number of carbonyl (C=O) groups is 3. The lowest BCUT2D eigenvalue weighted by atomic mass is 10.0. The highest BCUT2D eigenvalue weighted by Gasteiger charge is 2.21. The normalized spacial score (nSPS) is 10.5. The van der Waals surface area contributed by atoms with Gasteiger partial charge >= 0.3 is 0 Å². The summed E-state index contributed by atoms with van der Waals surface area (Å²) < 4.78 is 10.7. The second kappa shape index (κ2) is 11.7. The van der Waals surface area contributed by atoms with E-state index in [1.807, 2.05) is 6.07 Å². The quantitative estimate of drug-likeness (QED) is 0.254. The maximum absolute atomic E-state index is 12.6. The molecule has 0 fully saturated rings. The summed E-state index contributed by atoms with van der Waals surface area (Å²) in [6, 6.07) is 12.5. The smallest absolute Gasteiger partial charge is 0.258 e. The molecule has 0 aromatic heterocycles. The van der Waals surface area contributed by atoms with Gasteiger partial charge in [0.25, 0.3) is 11.8 Å². The van der Waals surface area contributed by atoms with E-state index in [4.69, 9.17) is 9.47 Å². The molecule has 2 rings (SSSR count). The molecule has 174 valence electrons. The van der Waals surface area contributed by atoms with Gasteiger partial charge in [-0.15, -0.1) is 0 Å². The Bertz CT molecular complexity index is 1020. The molecule has 0 saturated heterocycles. The molecular weight excluding hydrogens is 420 g/mol. The molecule has 0 spiro atoms. The van der Waals surface area contributed by atoms with Gasteiger partial charge in [-0.2, -0.15) is 0 Å². The van der Waals surface area contributed by atoms with E-state index in [0.717, 1.165) is 5.56 Å². The van der Waals surface area contributed by atoms with Crippen LogP contribution in [-0.4, -0.2) is 69.8 Å². The Labute approximate surface area is 194 Å². The molecule has 33 heavy (non-hydrogen) atoms. The Morgan fingerprint density at radius 1 is 0.818 bits per heavy atom. The highest BCUT2D eigenvalue weighted by Crippen LogP contribution is 2.29. The highest BCUT2D eigenvalue weighted by atomic mass is 16.5. The van der Waals surface area contributed by atoms with Gasteiger partial charge in [0, 0.05) is 33.8 Å². The van der Waals surface area contributed by atoms with E-state index >= 15 is 0 Å². The van der Waals surface area contributed by atoms with Crippen molar-refractivity contribution in [2.45, 2.75) is 6.42 Å². The van der Waals surface area contributed by atoms with Gasteiger partial charge < -0.3 is 19.3 Å². The van der Waals surface area contributed by atoms with Crippen LogP contribution in [0.3, 0.4) is 0 Å². The minimum atomic E-state index is -0.350. The van der Waals surface area contributed by atoms with Gasteiger partial charge in [0.1, 0.15) is 17.1 Å². The predicted octanol–water partition coefficient (Wildman–Crippen LogP) is 3.25. The Balaban J connectivity index is 2.19. The molecule has 0 heterocycles. The molecule has 0 aliphatic rings. The second-order valence-electron chi connectivity index (χ2n) is 7.69. The van der Waals surface area contributed by atoms with Crippen molar-refractivity contribution in [1.82, 2.24) is 9.80 Å². The molecule has 2 aromatic carbocycles. The third kappa shape index (κ3) is 6.55. The van der Waals surface area contributed by atoms with Crippen molar-refractivity contribution in [2.24, 2.45) is 0 Å². The van der Waals surface area contributed by atoms with Crippen LogP contribution >= 0.6 is 0 Å². The summed E-state index contributed by atoms with van der Waals surface area (Å²) in [5.74, 6) is 0.345. The van der Waals surface area contributed by atoms with Gasteiger partial charge in [-0.1, -0.05) is 36.4 Å². The minimum absolute atomic E-state index is 0.110. The third-order valence-electron chi connectivity index (χ3n) is 4.92. The zero-order valence-electron chi connectivity index (χ0n) is 19.9. The topological polar surface area (TPSA) is 76.1 Å². The fourth-order valence-electron chi connectivity index (χ4n) is 3.07. The van der Waals surface area contributed by atoms with Gasteiger partial charge in [0.2, 0.25) is 0 Å². The summed E-state index contributed by atoms with van der Waals surface area (Å²) >= 11 is 0. The SMILES string of the molecule is COc1cccc(OC)c1/C=C/C(=O)c1ccc(CC=C(C(=O)N(C)C)C(=O)N(C)C)cc1. The number of rotatable bonds is 9. The van der Waals surface area contributed by atoms with Crippen LogP contribution in [0, 0.1) is 0 Å². The third-order valence-corrected chi connectivity index (χ3v) is 4.92. The standard InChI is InChI=1S/C26H30N2O5/c1-27(2)25(30)21(26(31)28(3)4)15-12-18-10-13-19(14-11-18)22(29)17-16-20-23(32-5)8-7-9-24(20)33-6/h7-11,13-17H,12H2,1-6H3/b17-16+. The van der Waals surface area contributed by atoms with E-state index in [9.17, 15) is 14.4 Å². The molecule has 2 aromatic rings. The van der Waals surface area contributed by atoms with Crippen molar-refractivity contribution < 1.29 is 23.9 Å². The number of nitrogens with zero attached hydrogens (tertiary/aromatic N) is 2. The lowest BCUT2D eigenvalue weighted by molar-refractivity contribution is -0.131. The van der Waals surface area contributed by atoms with E-state index in [1.165, 1.54) is 15.9 Å². The number of likely N-dealkylation sites (N-methyl/N-ethyl adjacent to an activating group) is 2. The van der Waals surface area contributed by atoms with Crippen LogP contribution in [0.1, 0.15) is 21.5 Å². The number of carbonyl (C=O) groups excluding carboxylic acids is 3. The summed E-state index contributed by atoms with van der Waals surface area (Å²) in [4.78, 5) is 40.1. The van der Waals surface area contributed by atoms with Crippen molar-refractivity contribution in [3.8, 4) is 11.5 Å². The Morgan fingerprint density at radius 3 is 1.79 bits per heavy atom. The van der Waals surface area contributed by atoms with Gasteiger partial charge in [-0.25, -0.2) is 0 Å². The zero-order chi connectivity index (χ0) is 24.5. The minimum Gasteiger partial charge on any atom is -0.496 e. The summed E-state index contributed by atoms with van der Waals surface area (Å²) in [6.45, 7) is 0. The number of hydrogen-bond donors (Lipinski definition) is 0. The van der Waals surface area contributed by atoms with Crippen LogP contribution in [0.25, 0.3) is 6.08 Å². The number of hydrogen-bond acceptors (Lipinski definition) is 5. The summed E-state index contributed by atoms with van der Waals surface area (Å²) in [5.41, 5.74) is 2.18. The largest absolute Gasteiger partial charge is 0.496 e. The van der Waals surface area contributed by atoms with Crippen molar-refractivity contribution in [2.75, 3.05) is 42.4 Å². The number of amides is 2. The van der Waals surface area contributed by atoms with E-state index < -0.39 is 0 Å². The first-order valence-corrected chi connectivity index (χ1v) is 10.3. The average Bonchev–Trinajstić information content (AvgIpc) is 2.82. The number of ether oxygens (including phenoxy) is 2. The van der Waals surface area contributed by atoms with Crippen LogP contribution < -0.4 is 9.47 Å². The number of allylic oxidation sites excluding steroid dienone is 2. The van der Waals surface area contributed by atoms with E-state index in [2.05, 4.69) is 0 Å². The van der Waals surface area contributed by atoms with Crippen molar-refractivity contribution in [3.05, 3.63) is 76.9 Å². The summed E-state index contributed by atoms with van der Waals surface area (Å²) in [6.07, 6.45) is 5.15. The molecule has 0 atom stereocenters. The molecule has 0 bridgehead atoms. The number of benzene rings is 2. The van der Waals surface area contributed by atoms with Crippen molar-refractivity contribution in [3.63, 3.8) is 0 Å². The second-order valence-corrected chi connectivity index (χ2v) is 7.69. The Hall–Kier alpha value is -3.87. The van der Waals surface area contributed by atoms with E-state index in [0.29, 0.717) is 29.0 Å². The fourth-order valence-corrected chi connectivity index (χ4v) is 3.07. The van der Waals surface area contributed by atoms with Gasteiger partial charge in [0.15, 0.2) is 5.78 Å². The van der Waals surface area contributed by atoms with Crippen LogP contribution in [0.5, 0.6) is 11.5 Å². The Kier molecular flexibility index (Phi) is 8.98. The maximum atomic E-state index is 12.6. The van der Waals surface area contributed by atoms with Gasteiger partial charge in [-0.05, 0) is 36.3 Å². The molecule has 0 unspecified atom stereocenters. The van der Waals surface area contributed by atoms with E-state index in [-0.39, 0.29) is 23.2 Å². The molecule has 2 amide bonds. The van der Waals surface area contributed by atoms with Gasteiger partial charge in [0.05, 0.1) is 19.8 Å². The maximum Gasteiger partial charge on any atom is 0.258 e. The van der Waals surface area contributed by atoms with Crippen molar-refractivity contribution >= 4 is 23.7 Å². The van der Waals surface area contributed by atoms with Crippen LogP contribution in [-0.2, 0) is 16.0 Å². The molecule has 0 radical (unpaired) electrons. The average molecular weight is 451 g/mol. The number of methoxy groups -OCH3 is 2. The first-order chi connectivity index (χ1) is 15.7. The molecule has 0 aliphatic carbocycles. The predicted molar refractivity (Wildman–Crippen MR) is 129 cm³/mol. The molecule has 0 N–H and O–H groups in total. The summed E-state index contributed by atoms with van der Waals surface area (Å²) in [5, 5.41) is 0. The Morgan fingerprint density at radius 2 is 1.33 bits per heavy atom. The molecule has 0 aliphatic heterocycles. The summed E-state index contributed by atoms with van der Waals surface area (Å²) in [7, 11) is 9.54. The van der Waals surface area contributed by atoms with Crippen molar-refractivity contribution in [1.29, 1.82) is 0 Å². The highest BCUT2D eigenvalue weighted by molar-refractivity contribution is 6.18. The monoisotopic (exact) mass is 450 g/mol. The van der Waals surface area contributed by atoms with Crippen LogP contribution in [0.2, 0.25) is 0 Å². The fraction of sp³-hybridized carbons (Fsp3) is 0.269. The van der Waals surface area contributed by atoms with E-state index in [1.54, 1.807) is 91.0 Å². The molecule has 7 nitrogen and oxygen atoms in total. The lowest BCUT2D eigenvalue weighted by Crippen LogP contribution is -2.33. The zero-order valence-corrected chi connectivity index (χ0v) is 19.9. The van der Waals surface area contributed by atoms with Crippen LogP contribution in [0.4, 0.5) is 0 Å². The van der Waals surface area contributed by atoms with Gasteiger partial charge in [-0.3, -0.25) is 14.4 Å².